The van der Waals surface area contributed by atoms with E-state index in [1.54, 1.807) is 0 Å². The maximum Gasteiger partial charge on any atom is 0.174 e. The molecule has 0 amide bonds. The van der Waals surface area contributed by atoms with Gasteiger partial charge in [0.15, 0.2) is 5.11 Å². The molecule has 0 aliphatic carbocycles. The fraction of sp³-hybridized carbons (Fsp3) is 0.185. The second-order valence-corrected chi connectivity index (χ2v) is 9.35. The van der Waals surface area contributed by atoms with Gasteiger partial charge in [-0.05, 0) is 78.3 Å². The standard InChI is InChI=1S/C27H25ClN4S/c1-18(2)19-11-13-21(14-12-19)32-26(25(30-27(32)33)23-9-3-4-15-29-23)24-10-6-16-31(24)22-8-5-7-20(28)17-22/h3-18,25-26H,1-2H3,(H,30,33)/t25-,26+/m0/s1. The molecule has 1 aliphatic rings. The van der Waals surface area contributed by atoms with Gasteiger partial charge in [0.05, 0.1) is 11.7 Å². The second kappa shape index (κ2) is 9.00. The van der Waals surface area contributed by atoms with Gasteiger partial charge >= 0.3 is 0 Å². The number of hydrogen-bond donors (Lipinski definition) is 1. The number of anilines is 1. The van der Waals surface area contributed by atoms with E-state index in [9.17, 15) is 0 Å². The van der Waals surface area contributed by atoms with Gasteiger partial charge in [0.2, 0.25) is 0 Å². The molecule has 2 aromatic heterocycles. The quantitative estimate of drug-likeness (QED) is 0.323. The Balaban J connectivity index is 1.64. The molecule has 33 heavy (non-hydrogen) atoms. The van der Waals surface area contributed by atoms with Crippen molar-refractivity contribution in [3.63, 3.8) is 0 Å². The minimum Gasteiger partial charge on any atom is -0.351 e. The highest BCUT2D eigenvalue weighted by Gasteiger charge is 2.42. The van der Waals surface area contributed by atoms with Gasteiger partial charge in [0.25, 0.3) is 0 Å². The third kappa shape index (κ3) is 4.14. The summed E-state index contributed by atoms with van der Waals surface area (Å²) in [5.41, 5.74) is 5.42. The molecule has 4 nitrogen and oxygen atoms in total. The number of halogens is 1. The van der Waals surface area contributed by atoms with Crippen LogP contribution in [0.15, 0.2) is 91.3 Å². The Labute approximate surface area is 204 Å². The Kier molecular flexibility index (Phi) is 5.92. The van der Waals surface area contributed by atoms with Crippen molar-refractivity contribution in [1.82, 2.24) is 14.9 Å². The first kappa shape index (κ1) is 21.7. The van der Waals surface area contributed by atoms with Crippen LogP contribution in [0.25, 0.3) is 5.69 Å². The SMILES string of the molecule is CC(C)c1ccc(N2C(=S)N[C@@H](c3ccccn3)[C@H]2c2cccn2-c2cccc(Cl)c2)cc1. The number of nitrogens with zero attached hydrogens (tertiary/aromatic N) is 3. The van der Waals surface area contributed by atoms with Crippen molar-refractivity contribution in [2.24, 2.45) is 0 Å². The Morgan fingerprint density at radius 1 is 0.939 bits per heavy atom. The van der Waals surface area contributed by atoms with Crippen LogP contribution >= 0.6 is 23.8 Å². The van der Waals surface area contributed by atoms with Crippen molar-refractivity contribution in [1.29, 1.82) is 0 Å². The van der Waals surface area contributed by atoms with Crippen molar-refractivity contribution in [3.8, 4) is 5.69 Å². The predicted molar refractivity (Wildman–Crippen MR) is 139 cm³/mol. The lowest BCUT2D eigenvalue weighted by Gasteiger charge is -2.29. The molecule has 0 unspecified atom stereocenters. The molecule has 2 aromatic carbocycles. The van der Waals surface area contributed by atoms with Gasteiger partial charge in [-0.25, -0.2) is 0 Å². The Morgan fingerprint density at radius 2 is 1.76 bits per heavy atom. The second-order valence-electron chi connectivity index (χ2n) is 8.53. The summed E-state index contributed by atoms with van der Waals surface area (Å²) in [7, 11) is 0. The number of pyridine rings is 1. The van der Waals surface area contributed by atoms with E-state index < -0.39 is 0 Å². The number of thiocarbonyl (C=S) groups is 1. The average Bonchev–Trinajstić information content (AvgIpc) is 3.44. The zero-order valence-corrected chi connectivity index (χ0v) is 20.1. The molecule has 5 rings (SSSR count). The normalized spacial score (nSPS) is 18.1. The van der Waals surface area contributed by atoms with E-state index >= 15 is 0 Å². The Hall–Kier alpha value is -3.15. The van der Waals surface area contributed by atoms with Crippen LogP contribution in [0.1, 0.15) is 48.8 Å². The molecule has 0 spiro atoms. The van der Waals surface area contributed by atoms with Gasteiger partial charge in [-0.2, -0.15) is 0 Å². The molecular weight excluding hydrogens is 448 g/mol. The van der Waals surface area contributed by atoms with Crippen molar-refractivity contribution in [3.05, 3.63) is 113 Å². The lowest BCUT2D eigenvalue weighted by Crippen LogP contribution is -2.30. The molecule has 1 N–H and O–H groups in total. The predicted octanol–water partition coefficient (Wildman–Crippen LogP) is 6.83. The van der Waals surface area contributed by atoms with E-state index in [1.807, 2.05) is 42.6 Å². The smallest absolute Gasteiger partial charge is 0.174 e. The maximum atomic E-state index is 6.32. The fourth-order valence-electron chi connectivity index (χ4n) is 4.45. The number of rotatable bonds is 5. The molecule has 166 valence electrons. The minimum atomic E-state index is -0.101. The van der Waals surface area contributed by atoms with Crippen LogP contribution in [0.4, 0.5) is 5.69 Å². The summed E-state index contributed by atoms with van der Waals surface area (Å²) in [6.07, 6.45) is 3.89. The summed E-state index contributed by atoms with van der Waals surface area (Å²) >= 11 is 12.2. The van der Waals surface area contributed by atoms with E-state index in [4.69, 9.17) is 23.8 Å². The molecule has 0 saturated carbocycles. The minimum absolute atomic E-state index is 0.0914. The monoisotopic (exact) mass is 472 g/mol. The summed E-state index contributed by atoms with van der Waals surface area (Å²) < 4.78 is 2.18. The van der Waals surface area contributed by atoms with Crippen molar-refractivity contribution in [2.75, 3.05) is 4.90 Å². The highest BCUT2D eigenvalue weighted by Crippen LogP contribution is 2.42. The zero-order chi connectivity index (χ0) is 22.9. The first-order valence-corrected chi connectivity index (χ1v) is 11.9. The lowest BCUT2D eigenvalue weighted by molar-refractivity contribution is 0.549. The molecule has 6 heteroatoms. The van der Waals surface area contributed by atoms with Crippen LogP contribution in [-0.4, -0.2) is 14.7 Å². The highest BCUT2D eigenvalue weighted by molar-refractivity contribution is 7.80. The van der Waals surface area contributed by atoms with E-state index in [1.165, 1.54) is 5.56 Å². The number of hydrogen-bond acceptors (Lipinski definition) is 2. The van der Waals surface area contributed by atoms with Crippen molar-refractivity contribution >= 4 is 34.6 Å². The van der Waals surface area contributed by atoms with Gasteiger partial charge in [-0.1, -0.05) is 49.7 Å². The number of aromatic nitrogens is 2. The maximum absolute atomic E-state index is 6.32. The van der Waals surface area contributed by atoms with Crippen LogP contribution in [-0.2, 0) is 0 Å². The van der Waals surface area contributed by atoms with Crippen molar-refractivity contribution in [2.45, 2.75) is 31.8 Å². The third-order valence-corrected chi connectivity index (χ3v) is 6.66. The molecule has 1 aliphatic heterocycles. The van der Waals surface area contributed by atoms with E-state index in [2.05, 4.69) is 82.3 Å². The first-order valence-electron chi connectivity index (χ1n) is 11.1. The van der Waals surface area contributed by atoms with Crippen molar-refractivity contribution < 1.29 is 0 Å². The summed E-state index contributed by atoms with van der Waals surface area (Å²) in [6, 6.07) is 26.6. The summed E-state index contributed by atoms with van der Waals surface area (Å²) in [4.78, 5) is 6.86. The molecule has 1 fully saturated rings. The summed E-state index contributed by atoms with van der Waals surface area (Å²) in [5, 5.41) is 4.93. The summed E-state index contributed by atoms with van der Waals surface area (Å²) in [5.74, 6) is 0.472. The van der Waals surface area contributed by atoms with Gasteiger partial charge in [-0.3, -0.25) is 4.98 Å². The molecule has 2 atom stereocenters. The van der Waals surface area contributed by atoms with Gasteiger partial charge in [0.1, 0.15) is 6.04 Å². The van der Waals surface area contributed by atoms with Gasteiger partial charge < -0.3 is 14.8 Å². The van der Waals surface area contributed by atoms with Crippen LogP contribution in [0.2, 0.25) is 5.02 Å². The summed E-state index contributed by atoms with van der Waals surface area (Å²) in [6.45, 7) is 4.41. The van der Waals surface area contributed by atoms with Gasteiger partial charge in [-0.15, -0.1) is 0 Å². The molecule has 3 heterocycles. The average molecular weight is 473 g/mol. The molecule has 0 bridgehead atoms. The van der Waals surface area contributed by atoms with E-state index in [-0.39, 0.29) is 12.1 Å². The van der Waals surface area contributed by atoms with Crippen LogP contribution < -0.4 is 10.2 Å². The third-order valence-electron chi connectivity index (χ3n) is 6.11. The van der Waals surface area contributed by atoms with E-state index in [0.717, 1.165) is 22.8 Å². The molecule has 4 aromatic rings. The van der Waals surface area contributed by atoms with E-state index in [0.29, 0.717) is 16.1 Å². The molecule has 0 radical (unpaired) electrons. The molecule has 1 saturated heterocycles. The van der Waals surface area contributed by atoms with Gasteiger partial charge in [0, 0.05) is 34.5 Å². The Bertz CT molecular complexity index is 1270. The Morgan fingerprint density at radius 3 is 2.45 bits per heavy atom. The first-order chi connectivity index (χ1) is 16.0. The lowest BCUT2D eigenvalue weighted by atomic mass is 9.99. The number of benzene rings is 2. The van der Waals surface area contributed by atoms with Crippen LogP contribution in [0.5, 0.6) is 0 Å². The fourth-order valence-corrected chi connectivity index (χ4v) is 4.98. The number of nitrogens with one attached hydrogen (secondary N) is 1. The topological polar surface area (TPSA) is 33.1 Å². The van der Waals surface area contributed by atoms with Crippen LogP contribution in [0, 0.1) is 0 Å². The van der Waals surface area contributed by atoms with Crippen LogP contribution in [0.3, 0.4) is 0 Å². The largest absolute Gasteiger partial charge is 0.351 e. The zero-order valence-electron chi connectivity index (χ0n) is 18.5. The highest BCUT2D eigenvalue weighted by atomic mass is 35.5. The molecular formula is C27H25ClN4S.